The molecule has 0 radical (unpaired) electrons. The van der Waals surface area contributed by atoms with Gasteiger partial charge in [-0.05, 0) is 29.8 Å². The summed E-state index contributed by atoms with van der Waals surface area (Å²) in [5, 5.41) is 11.5. The highest BCUT2D eigenvalue weighted by Crippen LogP contribution is 2.29. The quantitative estimate of drug-likeness (QED) is 0.507. The van der Waals surface area contributed by atoms with Crippen molar-refractivity contribution in [2.24, 2.45) is 0 Å². The van der Waals surface area contributed by atoms with E-state index in [0.29, 0.717) is 20.2 Å². The van der Waals surface area contributed by atoms with Gasteiger partial charge in [0, 0.05) is 10.8 Å². The predicted molar refractivity (Wildman–Crippen MR) is 95.3 cm³/mol. The first-order valence-electron chi connectivity index (χ1n) is 6.88. The van der Waals surface area contributed by atoms with E-state index < -0.39 is 11.7 Å². The van der Waals surface area contributed by atoms with Gasteiger partial charge < -0.3 is 0 Å². The Morgan fingerprint density at radius 2 is 1.92 bits per heavy atom. The number of carbonyl (C=O) groups excluding carboxylic acids is 1. The largest absolute Gasteiger partial charge is 0.296 e. The van der Waals surface area contributed by atoms with Crippen LogP contribution in [0.1, 0.15) is 15.9 Å². The van der Waals surface area contributed by atoms with Crippen molar-refractivity contribution in [1.82, 2.24) is 10.2 Å². The summed E-state index contributed by atoms with van der Waals surface area (Å²) in [6.45, 7) is 0. The second-order valence-electron chi connectivity index (χ2n) is 4.72. The predicted octanol–water partition coefficient (Wildman–Crippen LogP) is 4.88. The molecule has 0 saturated carbocycles. The number of halogens is 2. The molecule has 1 aromatic heterocycles. The smallest absolute Gasteiger partial charge is 0.260 e. The second kappa shape index (κ2) is 7.74. The highest BCUT2D eigenvalue weighted by molar-refractivity contribution is 8.00. The molecular weight excluding hydrogens is 369 g/mol. The Bertz CT molecular complexity index is 855. The summed E-state index contributed by atoms with van der Waals surface area (Å²) in [4.78, 5) is 12.0. The van der Waals surface area contributed by atoms with Crippen molar-refractivity contribution in [2.45, 2.75) is 10.1 Å². The Balaban J connectivity index is 1.60. The molecule has 24 heavy (non-hydrogen) atoms. The first-order valence-corrected chi connectivity index (χ1v) is 9.06. The minimum atomic E-state index is -0.572. The standard InChI is InChI=1S/C16H11ClFN3OS2/c17-11-7-5-10(6-8-11)9-23-16-21-20-15(24-16)19-14(22)12-3-1-2-4-13(12)18/h1-8H,9H2,(H,19,20,22). The molecule has 3 rings (SSSR count). The van der Waals surface area contributed by atoms with E-state index in [1.807, 2.05) is 24.3 Å². The van der Waals surface area contributed by atoms with Gasteiger partial charge >= 0.3 is 0 Å². The number of aromatic nitrogens is 2. The van der Waals surface area contributed by atoms with Gasteiger partial charge in [0.05, 0.1) is 5.56 Å². The summed E-state index contributed by atoms with van der Waals surface area (Å²) >= 11 is 8.60. The van der Waals surface area contributed by atoms with Gasteiger partial charge in [-0.2, -0.15) is 0 Å². The molecule has 1 heterocycles. The zero-order valence-corrected chi connectivity index (χ0v) is 14.6. The van der Waals surface area contributed by atoms with Crippen LogP contribution in [0, 0.1) is 5.82 Å². The number of anilines is 1. The van der Waals surface area contributed by atoms with Crippen LogP contribution in [0.4, 0.5) is 9.52 Å². The molecule has 0 fully saturated rings. The van der Waals surface area contributed by atoms with Crippen molar-refractivity contribution in [2.75, 3.05) is 5.32 Å². The maximum absolute atomic E-state index is 13.6. The summed E-state index contributed by atoms with van der Waals surface area (Å²) in [5.74, 6) is -0.400. The molecule has 0 aliphatic rings. The van der Waals surface area contributed by atoms with E-state index in [0.717, 1.165) is 5.56 Å². The van der Waals surface area contributed by atoms with E-state index >= 15 is 0 Å². The summed E-state index contributed by atoms with van der Waals surface area (Å²) in [7, 11) is 0. The van der Waals surface area contributed by atoms with Crippen LogP contribution >= 0.6 is 34.7 Å². The van der Waals surface area contributed by atoms with Gasteiger partial charge in [-0.1, -0.05) is 59.0 Å². The van der Waals surface area contributed by atoms with Crippen LogP contribution in [0.3, 0.4) is 0 Å². The first kappa shape index (κ1) is 16.9. The number of thioether (sulfide) groups is 1. The Morgan fingerprint density at radius 1 is 1.17 bits per heavy atom. The Labute approximate surface area is 151 Å². The van der Waals surface area contributed by atoms with Crippen molar-refractivity contribution in [3.05, 3.63) is 70.5 Å². The van der Waals surface area contributed by atoms with Crippen molar-refractivity contribution < 1.29 is 9.18 Å². The zero-order valence-electron chi connectivity index (χ0n) is 12.2. The first-order chi connectivity index (χ1) is 11.6. The number of nitrogens with one attached hydrogen (secondary N) is 1. The van der Waals surface area contributed by atoms with Crippen molar-refractivity contribution in [3.8, 4) is 0 Å². The highest BCUT2D eigenvalue weighted by Gasteiger charge is 2.13. The Kier molecular flexibility index (Phi) is 5.44. The number of amides is 1. The summed E-state index contributed by atoms with van der Waals surface area (Å²) < 4.78 is 14.3. The minimum absolute atomic E-state index is 0.0249. The molecule has 0 unspecified atom stereocenters. The zero-order chi connectivity index (χ0) is 16.9. The maximum atomic E-state index is 13.6. The van der Waals surface area contributed by atoms with Gasteiger partial charge in [0.1, 0.15) is 5.82 Å². The van der Waals surface area contributed by atoms with Crippen molar-refractivity contribution in [3.63, 3.8) is 0 Å². The molecule has 0 bridgehead atoms. The summed E-state index contributed by atoms with van der Waals surface area (Å²) in [5.41, 5.74) is 1.08. The number of hydrogen-bond donors (Lipinski definition) is 1. The van der Waals surface area contributed by atoms with Crippen LogP contribution in [0.15, 0.2) is 52.9 Å². The fraction of sp³-hybridized carbons (Fsp3) is 0.0625. The Hall–Kier alpha value is -1.96. The molecule has 122 valence electrons. The summed E-state index contributed by atoms with van der Waals surface area (Å²) in [6.07, 6.45) is 0. The normalized spacial score (nSPS) is 10.6. The highest BCUT2D eigenvalue weighted by atomic mass is 35.5. The number of nitrogens with zero attached hydrogens (tertiary/aromatic N) is 2. The molecule has 0 saturated heterocycles. The lowest BCUT2D eigenvalue weighted by Gasteiger charge is -2.01. The van der Waals surface area contributed by atoms with E-state index in [9.17, 15) is 9.18 Å². The average Bonchev–Trinajstić information content (AvgIpc) is 3.02. The molecule has 0 atom stereocenters. The molecule has 1 amide bonds. The van der Waals surface area contributed by atoms with Gasteiger partial charge in [0.2, 0.25) is 5.13 Å². The molecule has 2 aromatic carbocycles. The van der Waals surface area contributed by atoms with Gasteiger partial charge in [0.15, 0.2) is 4.34 Å². The van der Waals surface area contributed by atoms with E-state index in [1.54, 1.807) is 6.07 Å². The van der Waals surface area contributed by atoms with Crippen LogP contribution in [-0.2, 0) is 5.75 Å². The average molecular weight is 380 g/mol. The van der Waals surface area contributed by atoms with E-state index in [2.05, 4.69) is 15.5 Å². The molecule has 3 aromatic rings. The minimum Gasteiger partial charge on any atom is -0.296 e. The fourth-order valence-corrected chi connectivity index (χ4v) is 3.68. The number of carbonyl (C=O) groups is 1. The third-order valence-electron chi connectivity index (χ3n) is 3.02. The molecule has 1 N–H and O–H groups in total. The van der Waals surface area contributed by atoms with Crippen molar-refractivity contribution in [1.29, 1.82) is 0 Å². The van der Waals surface area contributed by atoms with E-state index in [4.69, 9.17) is 11.6 Å². The molecule has 4 nitrogen and oxygen atoms in total. The lowest BCUT2D eigenvalue weighted by Crippen LogP contribution is -2.13. The third-order valence-corrected chi connectivity index (χ3v) is 5.32. The molecular formula is C16H11ClFN3OS2. The number of rotatable bonds is 5. The van der Waals surface area contributed by atoms with Gasteiger partial charge in [0.25, 0.3) is 5.91 Å². The molecule has 8 heteroatoms. The van der Waals surface area contributed by atoms with Crippen LogP contribution in [-0.4, -0.2) is 16.1 Å². The topological polar surface area (TPSA) is 54.9 Å². The second-order valence-corrected chi connectivity index (χ2v) is 7.36. The Morgan fingerprint density at radius 3 is 2.67 bits per heavy atom. The van der Waals surface area contributed by atoms with E-state index in [1.165, 1.54) is 41.3 Å². The molecule has 0 aliphatic carbocycles. The fourth-order valence-electron chi connectivity index (χ4n) is 1.85. The maximum Gasteiger partial charge on any atom is 0.260 e. The van der Waals surface area contributed by atoms with Crippen LogP contribution < -0.4 is 5.32 Å². The van der Waals surface area contributed by atoms with E-state index in [-0.39, 0.29) is 5.56 Å². The van der Waals surface area contributed by atoms with Crippen LogP contribution in [0.2, 0.25) is 5.02 Å². The van der Waals surface area contributed by atoms with Crippen LogP contribution in [0.5, 0.6) is 0 Å². The lowest BCUT2D eigenvalue weighted by molar-refractivity contribution is 0.102. The summed E-state index contributed by atoms with van der Waals surface area (Å²) in [6, 6.07) is 13.3. The lowest BCUT2D eigenvalue weighted by atomic mass is 10.2. The molecule has 0 aliphatic heterocycles. The van der Waals surface area contributed by atoms with Gasteiger partial charge in [-0.25, -0.2) is 4.39 Å². The van der Waals surface area contributed by atoms with Crippen molar-refractivity contribution >= 4 is 45.7 Å². The van der Waals surface area contributed by atoms with Gasteiger partial charge in [-0.15, -0.1) is 10.2 Å². The SMILES string of the molecule is O=C(Nc1nnc(SCc2ccc(Cl)cc2)s1)c1ccccc1F. The number of benzene rings is 2. The van der Waals surface area contributed by atoms with Crippen LogP contribution in [0.25, 0.3) is 0 Å². The third kappa shape index (κ3) is 4.31. The number of hydrogen-bond acceptors (Lipinski definition) is 5. The monoisotopic (exact) mass is 379 g/mol. The van der Waals surface area contributed by atoms with Gasteiger partial charge in [-0.3, -0.25) is 10.1 Å². The molecule has 0 spiro atoms.